The molecule has 3 aromatic rings. The molecule has 1 N–H and O–H groups in total. The molecule has 0 amide bonds. The molecule has 0 aliphatic rings. The van der Waals surface area contributed by atoms with Gasteiger partial charge in [-0.2, -0.15) is 0 Å². The van der Waals surface area contributed by atoms with Crippen molar-refractivity contribution < 1.29 is 4.74 Å². The first-order valence-electron chi connectivity index (χ1n) is 8.85. The molecule has 0 bridgehead atoms. The fourth-order valence-corrected chi connectivity index (χ4v) is 3.25. The van der Waals surface area contributed by atoms with Gasteiger partial charge < -0.3 is 14.5 Å². The number of hydrogen-bond acceptors (Lipinski definition) is 3. The van der Waals surface area contributed by atoms with Crippen LogP contribution in [0.15, 0.2) is 42.7 Å². The monoisotopic (exact) mass is 391 g/mol. The van der Waals surface area contributed by atoms with Gasteiger partial charge in [-0.15, -0.1) is 0 Å². The van der Waals surface area contributed by atoms with Crippen LogP contribution in [0.2, 0.25) is 10.0 Å². The molecule has 6 heteroatoms. The predicted molar refractivity (Wildman–Crippen MR) is 107 cm³/mol. The van der Waals surface area contributed by atoms with Crippen LogP contribution in [0.1, 0.15) is 44.0 Å². The number of ether oxygens (including phenoxy) is 1. The molecule has 0 spiro atoms. The number of rotatable bonds is 8. The zero-order valence-corrected chi connectivity index (χ0v) is 16.5. The highest BCUT2D eigenvalue weighted by molar-refractivity contribution is 6.36. The number of nitrogens with one attached hydrogen (secondary N) is 1. The van der Waals surface area contributed by atoms with Gasteiger partial charge in [0.1, 0.15) is 5.75 Å². The average molecular weight is 392 g/mol. The summed E-state index contributed by atoms with van der Waals surface area (Å²) < 4.78 is 7.56. The number of hydrogen-bond donors (Lipinski definition) is 1. The van der Waals surface area contributed by atoms with Gasteiger partial charge in [-0.1, -0.05) is 48.7 Å². The van der Waals surface area contributed by atoms with Crippen molar-refractivity contribution in [1.82, 2.24) is 14.7 Å². The molecule has 0 saturated carbocycles. The maximum atomic E-state index is 6.19. The Morgan fingerprint density at radius 3 is 2.69 bits per heavy atom. The predicted octanol–water partition coefficient (Wildman–Crippen LogP) is 5.67. The van der Waals surface area contributed by atoms with Crippen molar-refractivity contribution in [3.05, 3.63) is 64.0 Å². The smallest absolute Gasteiger partial charge is 0.156 e. The van der Waals surface area contributed by atoms with E-state index in [1.54, 1.807) is 12.3 Å². The molecule has 0 aliphatic heterocycles. The lowest BCUT2D eigenvalue weighted by molar-refractivity contribution is 0.309. The fraction of sp³-hybridized carbons (Fsp3) is 0.350. The zero-order valence-electron chi connectivity index (χ0n) is 15.0. The largest absolute Gasteiger partial charge is 0.494 e. The van der Waals surface area contributed by atoms with Crippen molar-refractivity contribution in [3.8, 4) is 5.75 Å². The van der Waals surface area contributed by atoms with Crippen LogP contribution in [0, 0.1) is 0 Å². The molecule has 2 aromatic heterocycles. The molecule has 4 nitrogen and oxygen atoms in total. The molecule has 1 aromatic carbocycles. The number of fused-ring (bicyclic) bond motifs is 1. The van der Waals surface area contributed by atoms with Crippen LogP contribution in [0.25, 0.3) is 5.65 Å². The molecule has 3 rings (SSSR count). The van der Waals surface area contributed by atoms with Gasteiger partial charge >= 0.3 is 0 Å². The third kappa shape index (κ3) is 4.70. The Morgan fingerprint density at radius 2 is 1.96 bits per heavy atom. The van der Waals surface area contributed by atoms with E-state index >= 15 is 0 Å². The SMILES string of the molecule is CCCCOc1ccc(C(C)NCc2cn3cc(Cl)cc(Cl)c3n2)cc1. The summed E-state index contributed by atoms with van der Waals surface area (Å²) in [7, 11) is 0. The Labute approximate surface area is 164 Å². The second kappa shape index (κ2) is 8.76. The topological polar surface area (TPSA) is 38.6 Å². The van der Waals surface area contributed by atoms with Crippen LogP contribution in [0.4, 0.5) is 0 Å². The molecule has 1 unspecified atom stereocenters. The minimum absolute atomic E-state index is 0.198. The van der Waals surface area contributed by atoms with Gasteiger partial charge in [0.05, 0.1) is 22.3 Å². The van der Waals surface area contributed by atoms with Crippen LogP contribution in [-0.2, 0) is 6.54 Å². The third-order valence-corrected chi connectivity index (χ3v) is 4.74. The van der Waals surface area contributed by atoms with Gasteiger partial charge in [0.2, 0.25) is 0 Å². The number of pyridine rings is 1. The quantitative estimate of drug-likeness (QED) is 0.502. The van der Waals surface area contributed by atoms with E-state index in [0.29, 0.717) is 22.2 Å². The highest BCUT2D eigenvalue weighted by atomic mass is 35.5. The van der Waals surface area contributed by atoms with Crippen molar-refractivity contribution in [2.75, 3.05) is 6.61 Å². The molecule has 0 aliphatic carbocycles. The Morgan fingerprint density at radius 1 is 1.19 bits per heavy atom. The van der Waals surface area contributed by atoms with Gasteiger partial charge in [0, 0.05) is 25.0 Å². The summed E-state index contributed by atoms with van der Waals surface area (Å²) in [6, 6.07) is 10.1. The highest BCUT2D eigenvalue weighted by Crippen LogP contribution is 2.22. The first-order chi connectivity index (χ1) is 12.6. The summed E-state index contributed by atoms with van der Waals surface area (Å²) >= 11 is 12.2. The molecular weight excluding hydrogens is 369 g/mol. The Bertz CT molecular complexity index is 861. The minimum atomic E-state index is 0.198. The second-order valence-electron chi connectivity index (χ2n) is 6.34. The average Bonchev–Trinajstić information content (AvgIpc) is 3.04. The van der Waals surface area contributed by atoms with E-state index < -0.39 is 0 Å². The molecule has 26 heavy (non-hydrogen) atoms. The first kappa shape index (κ1) is 19.0. The molecule has 1 atom stereocenters. The van der Waals surface area contributed by atoms with Crippen molar-refractivity contribution >= 4 is 28.8 Å². The van der Waals surface area contributed by atoms with Crippen LogP contribution >= 0.6 is 23.2 Å². The lowest BCUT2D eigenvalue weighted by atomic mass is 10.1. The van der Waals surface area contributed by atoms with E-state index in [2.05, 4.69) is 36.3 Å². The van der Waals surface area contributed by atoms with E-state index in [1.165, 1.54) is 5.56 Å². The van der Waals surface area contributed by atoms with Gasteiger partial charge in [0.25, 0.3) is 0 Å². The van der Waals surface area contributed by atoms with Crippen LogP contribution in [-0.4, -0.2) is 16.0 Å². The Balaban J connectivity index is 1.60. The highest BCUT2D eigenvalue weighted by Gasteiger charge is 2.09. The first-order valence-corrected chi connectivity index (χ1v) is 9.61. The van der Waals surface area contributed by atoms with Gasteiger partial charge in [-0.3, -0.25) is 0 Å². The van der Waals surface area contributed by atoms with Crippen molar-refractivity contribution in [3.63, 3.8) is 0 Å². The van der Waals surface area contributed by atoms with Crippen molar-refractivity contribution in [1.29, 1.82) is 0 Å². The summed E-state index contributed by atoms with van der Waals surface area (Å²) in [5.41, 5.74) is 2.84. The zero-order chi connectivity index (χ0) is 18.5. The maximum absolute atomic E-state index is 6.19. The van der Waals surface area contributed by atoms with Gasteiger partial charge in [-0.25, -0.2) is 4.98 Å². The van der Waals surface area contributed by atoms with E-state index in [4.69, 9.17) is 27.9 Å². The molecular formula is C20H23Cl2N3O. The summed E-state index contributed by atoms with van der Waals surface area (Å²) in [6.45, 7) is 5.70. The van der Waals surface area contributed by atoms with Crippen LogP contribution in [0.3, 0.4) is 0 Å². The normalized spacial score (nSPS) is 12.5. The Hall–Kier alpha value is -1.75. The summed E-state index contributed by atoms with van der Waals surface area (Å²) in [5, 5.41) is 4.63. The number of nitrogens with zero attached hydrogens (tertiary/aromatic N) is 2. The van der Waals surface area contributed by atoms with Crippen molar-refractivity contribution in [2.45, 2.75) is 39.3 Å². The number of imidazole rings is 1. The lowest BCUT2D eigenvalue weighted by Gasteiger charge is -2.14. The number of aromatic nitrogens is 2. The number of halogens is 2. The summed E-state index contributed by atoms with van der Waals surface area (Å²) in [4.78, 5) is 4.56. The molecule has 138 valence electrons. The van der Waals surface area contributed by atoms with E-state index in [0.717, 1.165) is 30.9 Å². The second-order valence-corrected chi connectivity index (χ2v) is 7.19. The van der Waals surface area contributed by atoms with Crippen molar-refractivity contribution in [2.24, 2.45) is 0 Å². The van der Waals surface area contributed by atoms with Gasteiger partial charge in [-0.05, 0) is 37.1 Å². The van der Waals surface area contributed by atoms with E-state index in [-0.39, 0.29) is 6.04 Å². The maximum Gasteiger partial charge on any atom is 0.156 e. The third-order valence-electron chi connectivity index (χ3n) is 4.26. The molecule has 0 fully saturated rings. The number of benzene rings is 1. The standard InChI is InChI=1S/C20H23Cl2N3O/c1-3-4-9-26-18-7-5-15(6-8-18)14(2)23-11-17-13-25-12-16(21)10-19(22)20(25)24-17/h5-8,10,12-14,23H,3-4,9,11H2,1-2H3. The van der Waals surface area contributed by atoms with E-state index in [9.17, 15) is 0 Å². The minimum Gasteiger partial charge on any atom is -0.494 e. The van der Waals surface area contributed by atoms with Gasteiger partial charge in [0.15, 0.2) is 5.65 Å². The molecule has 0 radical (unpaired) electrons. The number of unbranched alkanes of at least 4 members (excludes halogenated alkanes) is 1. The van der Waals surface area contributed by atoms with Crippen LogP contribution in [0.5, 0.6) is 5.75 Å². The fourth-order valence-electron chi connectivity index (χ4n) is 2.72. The lowest BCUT2D eigenvalue weighted by Crippen LogP contribution is -2.18. The van der Waals surface area contributed by atoms with Crippen LogP contribution < -0.4 is 10.1 Å². The van der Waals surface area contributed by atoms with E-state index in [1.807, 2.05) is 22.7 Å². The Kier molecular flexibility index (Phi) is 6.41. The molecule has 0 saturated heterocycles. The summed E-state index contributed by atoms with van der Waals surface area (Å²) in [5.74, 6) is 0.918. The molecule has 2 heterocycles. The summed E-state index contributed by atoms with van der Waals surface area (Å²) in [6.07, 6.45) is 5.96.